The molecular weight excluding hydrogens is 276 g/mol. The van der Waals surface area contributed by atoms with Gasteiger partial charge in [-0.1, -0.05) is 60.1 Å². The van der Waals surface area contributed by atoms with Crippen molar-refractivity contribution in [2.45, 2.75) is 32.1 Å². The Hall–Kier alpha value is -0.890. The van der Waals surface area contributed by atoms with Gasteiger partial charge in [0.15, 0.2) is 0 Å². The molecule has 2 heteroatoms. The first-order valence-electron chi connectivity index (χ1n) is 5.97. The fourth-order valence-electron chi connectivity index (χ4n) is 2.54. The molecule has 0 saturated heterocycles. The van der Waals surface area contributed by atoms with Gasteiger partial charge in [0.1, 0.15) is 6.29 Å². The van der Waals surface area contributed by atoms with E-state index in [1.54, 1.807) is 0 Å². The van der Waals surface area contributed by atoms with Gasteiger partial charge in [0.25, 0.3) is 0 Å². The second-order valence-corrected chi connectivity index (χ2v) is 5.95. The number of hydrogen-bond donors (Lipinski definition) is 0. The zero-order valence-corrected chi connectivity index (χ0v) is 11.8. The number of hydrogen-bond acceptors (Lipinski definition) is 1. The van der Waals surface area contributed by atoms with Crippen LogP contribution < -0.4 is 0 Å². The third-order valence-electron chi connectivity index (χ3n) is 3.73. The quantitative estimate of drug-likeness (QED) is 0.762. The highest BCUT2D eigenvalue weighted by Gasteiger charge is 2.34. The van der Waals surface area contributed by atoms with Crippen molar-refractivity contribution in [3.8, 4) is 0 Å². The van der Waals surface area contributed by atoms with Gasteiger partial charge in [0.2, 0.25) is 0 Å². The van der Waals surface area contributed by atoms with E-state index in [4.69, 9.17) is 0 Å². The van der Waals surface area contributed by atoms with Gasteiger partial charge in [-0.15, -0.1) is 0 Å². The molecule has 0 heterocycles. The van der Waals surface area contributed by atoms with Gasteiger partial charge in [-0.05, 0) is 24.0 Å². The average Bonchev–Trinajstić information content (AvgIpc) is 2.72. The van der Waals surface area contributed by atoms with Gasteiger partial charge in [-0.3, -0.25) is 0 Å². The minimum Gasteiger partial charge on any atom is -0.303 e. The summed E-state index contributed by atoms with van der Waals surface area (Å²) in [7, 11) is 0. The number of halogens is 1. The SMILES string of the molecule is CC(C)(C1=C(Br)C(C=O)CC1)c1ccccc1. The summed E-state index contributed by atoms with van der Waals surface area (Å²) in [6.07, 6.45) is 3.00. The van der Waals surface area contributed by atoms with E-state index in [-0.39, 0.29) is 11.3 Å². The van der Waals surface area contributed by atoms with Gasteiger partial charge >= 0.3 is 0 Å². The van der Waals surface area contributed by atoms with E-state index in [1.807, 2.05) is 6.07 Å². The number of allylic oxidation sites excluding steroid dienone is 2. The first kappa shape index (κ1) is 12.6. The maximum Gasteiger partial charge on any atom is 0.127 e. The Morgan fingerprint density at radius 1 is 1.29 bits per heavy atom. The monoisotopic (exact) mass is 292 g/mol. The Bertz CT molecular complexity index is 445. The fraction of sp³-hybridized carbons (Fsp3) is 0.400. The molecule has 0 spiro atoms. The summed E-state index contributed by atoms with van der Waals surface area (Å²) >= 11 is 3.61. The van der Waals surface area contributed by atoms with Gasteiger partial charge in [0.05, 0.1) is 0 Å². The van der Waals surface area contributed by atoms with E-state index in [9.17, 15) is 4.79 Å². The molecule has 0 aliphatic heterocycles. The highest BCUT2D eigenvalue weighted by Crippen LogP contribution is 2.45. The van der Waals surface area contributed by atoms with Crippen molar-refractivity contribution in [1.29, 1.82) is 0 Å². The van der Waals surface area contributed by atoms with Crippen LogP contribution in [-0.4, -0.2) is 6.29 Å². The van der Waals surface area contributed by atoms with E-state index < -0.39 is 0 Å². The summed E-state index contributed by atoms with van der Waals surface area (Å²) < 4.78 is 1.10. The number of rotatable bonds is 3. The molecule has 1 aliphatic carbocycles. The van der Waals surface area contributed by atoms with Crippen LogP contribution in [-0.2, 0) is 10.2 Å². The smallest absolute Gasteiger partial charge is 0.127 e. The molecule has 1 unspecified atom stereocenters. The Morgan fingerprint density at radius 2 is 1.94 bits per heavy atom. The number of carbonyl (C=O) groups excluding carboxylic acids is 1. The average molecular weight is 293 g/mol. The molecular formula is C15H17BrO. The Kier molecular flexibility index (Phi) is 3.53. The highest BCUT2D eigenvalue weighted by atomic mass is 79.9. The van der Waals surface area contributed by atoms with Crippen LogP contribution in [0.25, 0.3) is 0 Å². The number of aldehydes is 1. The van der Waals surface area contributed by atoms with E-state index >= 15 is 0 Å². The Morgan fingerprint density at radius 3 is 2.47 bits per heavy atom. The lowest BCUT2D eigenvalue weighted by atomic mass is 9.77. The largest absolute Gasteiger partial charge is 0.303 e. The van der Waals surface area contributed by atoms with Crippen molar-refractivity contribution >= 4 is 22.2 Å². The molecule has 0 saturated carbocycles. The molecule has 1 nitrogen and oxygen atoms in total. The van der Waals surface area contributed by atoms with Crippen LogP contribution in [0, 0.1) is 5.92 Å². The van der Waals surface area contributed by atoms with Crippen molar-refractivity contribution in [2.24, 2.45) is 5.92 Å². The zero-order chi connectivity index (χ0) is 12.5. The molecule has 0 bridgehead atoms. The normalized spacial score (nSPS) is 20.8. The third-order valence-corrected chi connectivity index (χ3v) is 4.80. The van der Waals surface area contributed by atoms with E-state index in [2.05, 4.69) is 54.0 Å². The fourth-order valence-corrected chi connectivity index (χ4v) is 3.57. The molecule has 1 aromatic carbocycles. The van der Waals surface area contributed by atoms with Crippen LogP contribution in [0.3, 0.4) is 0 Å². The van der Waals surface area contributed by atoms with E-state index in [0.29, 0.717) is 0 Å². The molecule has 1 aliphatic rings. The molecule has 1 aromatic rings. The molecule has 17 heavy (non-hydrogen) atoms. The number of carbonyl (C=O) groups is 1. The maximum atomic E-state index is 11.0. The predicted octanol–water partition coefficient (Wildman–Crippen LogP) is 4.22. The minimum absolute atomic E-state index is 0.00213. The van der Waals surface area contributed by atoms with Crippen molar-refractivity contribution in [2.75, 3.05) is 0 Å². The van der Waals surface area contributed by atoms with Crippen LogP contribution in [0.15, 0.2) is 40.4 Å². The lowest BCUT2D eigenvalue weighted by Crippen LogP contribution is -2.20. The van der Waals surface area contributed by atoms with E-state index in [0.717, 1.165) is 23.6 Å². The second-order valence-electron chi connectivity index (χ2n) is 5.10. The second kappa shape index (κ2) is 4.77. The lowest BCUT2D eigenvalue weighted by Gasteiger charge is -2.28. The molecule has 2 rings (SSSR count). The van der Waals surface area contributed by atoms with Gasteiger partial charge < -0.3 is 4.79 Å². The molecule has 1 atom stereocenters. The topological polar surface area (TPSA) is 17.1 Å². The maximum absolute atomic E-state index is 11.0. The van der Waals surface area contributed by atoms with Crippen LogP contribution in [0.4, 0.5) is 0 Å². The summed E-state index contributed by atoms with van der Waals surface area (Å²) in [6.45, 7) is 4.46. The molecule has 0 amide bonds. The number of benzene rings is 1. The summed E-state index contributed by atoms with van der Waals surface area (Å²) in [5, 5.41) is 0. The Labute approximate surface area is 111 Å². The first-order valence-corrected chi connectivity index (χ1v) is 6.76. The van der Waals surface area contributed by atoms with Crippen LogP contribution in [0.2, 0.25) is 0 Å². The van der Waals surface area contributed by atoms with Gasteiger partial charge in [-0.25, -0.2) is 0 Å². The predicted molar refractivity (Wildman–Crippen MR) is 74.2 cm³/mol. The van der Waals surface area contributed by atoms with Gasteiger partial charge in [0, 0.05) is 15.8 Å². The van der Waals surface area contributed by atoms with Crippen molar-refractivity contribution < 1.29 is 4.79 Å². The molecule has 90 valence electrons. The summed E-state index contributed by atoms with van der Waals surface area (Å²) in [6, 6.07) is 10.5. The lowest BCUT2D eigenvalue weighted by molar-refractivity contribution is -0.109. The highest BCUT2D eigenvalue weighted by molar-refractivity contribution is 9.11. The zero-order valence-electron chi connectivity index (χ0n) is 10.2. The minimum atomic E-state index is -0.00213. The van der Waals surface area contributed by atoms with Crippen LogP contribution in [0.1, 0.15) is 32.3 Å². The van der Waals surface area contributed by atoms with Crippen LogP contribution in [0.5, 0.6) is 0 Å². The summed E-state index contributed by atoms with van der Waals surface area (Å²) in [4.78, 5) is 11.0. The van der Waals surface area contributed by atoms with Crippen molar-refractivity contribution in [3.63, 3.8) is 0 Å². The van der Waals surface area contributed by atoms with Crippen molar-refractivity contribution in [3.05, 3.63) is 46.0 Å². The first-order chi connectivity index (χ1) is 8.07. The van der Waals surface area contributed by atoms with E-state index in [1.165, 1.54) is 11.1 Å². The van der Waals surface area contributed by atoms with Gasteiger partial charge in [-0.2, -0.15) is 0 Å². The molecule has 0 radical (unpaired) electrons. The molecule has 0 fully saturated rings. The summed E-state index contributed by atoms with van der Waals surface area (Å²) in [5.41, 5.74) is 2.66. The molecule has 0 N–H and O–H groups in total. The molecule has 0 aromatic heterocycles. The summed E-state index contributed by atoms with van der Waals surface area (Å²) in [5.74, 6) is 0.0630. The Balaban J connectivity index is 2.40. The third kappa shape index (κ3) is 2.23. The van der Waals surface area contributed by atoms with Crippen LogP contribution >= 0.6 is 15.9 Å². The standard InChI is InChI=1S/C15H17BrO/c1-15(2,12-6-4-3-5-7-12)13-9-8-11(10-17)14(13)16/h3-7,10-11H,8-9H2,1-2H3. The van der Waals surface area contributed by atoms with Crippen molar-refractivity contribution in [1.82, 2.24) is 0 Å².